The minimum atomic E-state index is -1.82. The molecule has 0 aromatic heterocycles. The molecular weight excluding hydrogens is 286 g/mol. The van der Waals surface area contributed by atoms with Crippen molar-refractivity contribution in [1.82, 2.24) is 0 Å². The molecule has 0 amide bonds. The highest BCUT2D eigenvalue weighted by molar-refractivity contribution is 6.27. The van der Waals surface area contributed by atoms with Crippen molar-refractivity contribution in [2.24, 2.45) is 5.73 Å². The summed E-state index contributed by atoms with van der Waals surface area (Å²) in [6, 6.07) is -0.0412. The third kappa shape index (κ3) is 4.90. The van der Waals surface area contributed by atoms with Crippen LogP contribution in [0.2, 0.25) is 0 Å². The molecule has 1 saturated carbocycles. The first-order chi connectivity index (χ1) is 9.68. The zero-order chi connectivity index (χ0) is 16.2. The van der Waals surface area contributed by atoms with Gasteiger partial charge in [-0.1, -0.05) is 0 Å². The summed E-state index contributed by atoms with van der Waals surface area (Å²) in [7, 11) is 0. The Morgan fingerprint density at radius 3 is 2.24 bits per heavy atom. The van der Waals surface area contributed by atoms with Crippen molar-refractivity contribution in [3.8, 4) is 0 Å². The number of carboxylic acid groups (broad SMARTS) is 2. The molecule has 0 radical (unpaired) electrons. The van der Waals surface area contributed by atoms with Gasteiger partial charge in [-0.15, -0.1) is 0 Å². The van der Waals surface area contributed by atoms with Gasteiger partial charge in [-0.25, -0.2) is 9.59 Å². The number of aliphatic carboxylic acids is 2. The van der Waals surface area contributed by atoms with E-state index in [9.17, 15) is 0 Å². The number of ether oxygens (including phenoxy) is 3. The molecule has 2 rings (SSSR count). The molecule has 2 aliphatic rings. The van der Waals surface area contributed by atoms with Crippen molar-refractivity contribution in [2.45, 2.75) is 50.4 Å². The summed E-state index contributed by atoms with van der Waals surface area (Å²) in [5.74, 6) is -4.22. The van der Waals surface area contributed by atoms with Crippen molar-refractivity contribution in [3.63, 3.8) is 0 Å². The summed E-state index contributed by atoms with van der Waals surface area (Å²) in [5, 5.41) is 23.5. The van der Waals surface area contributed by atoms with E-state index in [1.54, 1.807) is 0 Å². The molecule has 0 unspecified atom stereocenters. The van der Waals surface area contributed by atoms with Crippen LogP contribution in [-0.4, -0.2) is 70.6 Å². The second kappa shape index (κ2) is 7.14. The van der Waals surface area contributed by atoms with Crippen LogP contribution in [0, 0.1) is 0 Å². The number of aliphatic hydroxyl groups excluding tert-OH is 1. The van der Waals surface area contributed by atoms with E-state index in [1.807, 2.05) is 13.8 Å². The highest BCUT2D eigenvalue weighted by Crippen LogP contribution is 2.38. The van der Waals surface area contributed by atoms with E-state index in [2.05, 4.69) is 0 Å². The Bertz CT molecular complexity index is 373. The monoisotopic (exact) mass is 307 g/mol. The molecule has 1 aliphatic carbocycles. The van der Waals surface area contributed by atoms with Gasteiger partial charge in [0.05, 0.1) is 19.3 Å². The summed E-state index contributed by atoms with van der Waals surface area (Å²) >= 11 is 0. The molecule has 122 valence electrons. The van der Waals surface area contributed by atoms with Gasteiger partial charge in [0.25, 0.3) is 0 Å². The summed E-state index contributed by atoms with van der Waals surface area (Å²) < 4.78 is 16.9. The van der Waals surface area contributed by atoms with Crippen LogP contribution in [-0.2, 0) is 23.8 Å². The van der Waals surface area contributed by atoms with E-state index >= 15 is 0 Å². The Morgan fingerprint density at radius 2 is 1.76 bits per heavy atom. The van der Waals surface area contributed by atoms with Gasteiger partial charge in [-0.3, -0.25) is 0 Å². The number of nitrogens with two attached hydrogens (primary N) is 1. The summed E-state index contributed by atoms with van der Waals surface area (Å²) in [6.07, 6.45) is 0.495. The molecule has 0 bridgehead atoms. The zero-order valence-corrected chi connectivity index (χ0v) is 11.9. The Labute approximate surface area is 121 Å². The fourth-order valence-corrected chi connectivity index (χ4v) is 2.34. The third-order valence-corrected chi connectivity index (χ3v) is 3.06. The Kier molecular flexibility index (Phi) is 6.05. The van der Waals surface area contributed by atoms with Gasteiger partial charge >= 0.3 is 11.9 Å². The topological polar surface area (TPSA) is 149 Å². The van der Waals surface area contributed by atoms with Crippen molar-refractivity contribution in [1.29, 1.82) is 0 Å². The second-order valence-corrected chi connectivity index (χ2v) is 5.21. The van der Waals surface area contributed by atoms with E-state index in [0.29, 0.717) is 6.61 Å². The Hall–Kier alpha value is -1.26. The Morgan fingerprint density at radius 1 is 1.24 bits per heavy atom. The molecule has 0 aromatic rings. The molecule has 1 aliphatic heterocycles. The van der Waals surface area contributed by atoms with Gasteiger partial charge in [-0.05, 0) is 20.3 Å². The van der Waals surface area contributed by atoms with Gasteiger partial charge < -0.3 is 35.3 Å². The maximum Gasteiger partial charge on any atom is 0.414 e. The first-order valence-corrected chi connectivity index (χ1v) is 6.48. The number of hydrogen-bond donors (Lipinski definition) is 4. The van der Waals surface area contributed by atoms with Gasteiger partial charge in [0.15, 0.2) is 5.79 Å². The fourth-order valence-electron chi connectivity index (χ4n) is 2.34. The molecule has 1 saturated heterocycles. The molecule has 0 aromatic carbocycles. The van der Waals surface area contributed by atoms with Crippen LogP contribution in [0.25, 0.3) is 0 Å². The summed E-state index contributed by atoms with van der Waals surface area (Å²) in [6.45, 7) is 4.10. The average Bonchev–Trinajstić information content (AvgIpc) is 2.83. The molecule has 9 nitrogen and oxygen atoms in total. The fraction of sp³-hybridized carbons (Fsp3) is 0.833. The standard InChI is InChI=1S/C10H19NO4.C2H2O4/c1-10(2)14-8-6(11)5-7(9(8)15-10)13-4-3-12;3-1(4)2(5)6/h6-9,12H,3-5,11H2,1-2H3;(H,3,4)(H,5,6)/t6-,7+,8-,9+;/m1./s1. The minimum absolute atomic E-state index is 0.0212. The number of carboxylic acids is 2. The SMILES string of the molecule is CC1(C)O[C@@H]2[C@H](O1)[C@H](N)C[C@@H]2OCCO.O=C(O)C(=O)O. The first kappa shape index (κ1) is 17.8. The van der Waals surface area contributed by atoms with Crippen molar-refractivity contribution in [2.75, 3.05) is 13.2 Å². The van der Waals surface area contributed by atoms with Crippen LogP contribution in [0.5, 0.6) is 0 Å². The lowest BCUT2D eigenvalue weighted by Gasteiger charge is -2.22. The van der Waals surface area contributed by atoms with Crippen LogP contribution < -0.4 is 5.73 Å². The van der Waals surface area contributed by atoms with E-state index in [4.69, 9.17) is 44.9 Å². The zero-order valence-electron chi connectivity index (χ0n) is 11.9. The lowest BCUT2D eigenvalue weighted by molar-refractivity contribution is -0.168. The van der Waals surface area contributed by atoms with E-state index in [0.717, 1.165) is 6.42 Å². The number of aliphatic hydroxyl groups is 1. The van der Waals surface area contributed by atoms with Gasteiger partial charge in [0.2, 0.25) is 0 Å². The quantitative estimate of drug-likeness (QED) is 0.470. The predicted octanol–water partition coefficient (Wildman–Crippen LogP) is -1.23. The maximum absolute atomic E-state index is 9.10. The molecule has 5 N–H and O–H groups in total. The van der Waals surface area contributed by atoms with Crippen LogP contribution in [0.1, 0.15) is 20.3 Å². The number of hydrogen-bond acceptors (Lipinski definition) is 7. The third-order valence-electron chi connectivity index (χ3n) is 3.06. The summed E-state index contributed by atoms with van der Waals surface area (Å²) in [4.78, 5) is 18.2. The smallest absolute Gasteiger partial charge is 0.414 e. The molecule has 4 atom stereocenters. The van der Waals surface area contributed by atoms with Crippen molar-refractivity contribution in [3.05, 3.63) is 0 Å². The van der Waals surface area contributed by atoms with Crippen LogP contribution in [0.3, 0.4) is 0 Å². The molecule has 0 spiro atoms. The first-order valence-electron chi connectivity index (χ1n) is 6.48. The second-order valence-electron chi connectivity index (χ2n) is 5.21. The number of fused-ring (bicyclic) bond motifs is 1. The van der Waals surface area contributed by atoms with Gasteiger partial charge in [0.1, 0.15) is 12.2 Å². The van der Waals surface area contributed by atoms with Crippen LogP contribution >= 0.6 is 0 Å². The lowest BCUT2D eigenvalue weighted by Crippen LogP contribution is -2.35. The van der Waals surface area contributed by atoms with E-state index in [1.165, 1.54) is 0 Å². The van der Waals surface area contributed by atoms with Crippen LogP contribution in [0.15, 0.2) is 0 Å². The normalized spacial score (nSPS) is 33.0. The van der Waals surface area contributed by atoms with Gasteiger partial charge in [-0.2, -0.15) is 0 Å². The minimum Gasteiger partial charge on any atom is -0.473 e. The number of rotatable bonds is 3. The molecule has 9 heteroatoms. The number of carbonyl (C=O) groups is 2. The average molecular weight is 307 g/mol. The summed E-state index contributed by atoms with van der Waals surface area (Å²) in [5.41, 5.74) is 5.96. The highest BCUT2D eigenvalue weighted by atomic mass is 16.8. The van der Waals surface area contributed by atoms with Crippen molar-refractivity contribution >= 4 is 11.9 Å². The Balaban J connectivity index is 0.000000315. The molecule has 2 fully saturated rings. The predicted molar refractivity (Wildman–Crippen MR) is 68.5 cm³/mol. The highest BCUT2D eigenvalue weighted by Gasteiger charge is 2.53. The van der Waals surface area contributed by atoms with Crippen LogP contribution in [0.4, 0.5) is 0 Å². The van der Waals surface area contributed by atoms with E-state index < -0.39 is 17.7 Å². The lowest BCUT2D eigenvalue weighted by atomic mass is 10.2. The maximum atomic E-state index is 9.10. The van der Waals surface area contributed by atoms with E-state index in [-0.39, 0.29) is 31.0 Å². The van der Waals surface area contributed by atoms with Crippen molar-refractivity contribution < 1.29 is 39.1 Å². The molecular formula is C12H21NO8. The van der Waals surface area contributed by atoms with Gasteiger partial charge in [0, 0.05) is 6.04 Å². The molecule has 21 heavy (non-hydrogen) atoms. The largest absolute Gasteiger partial charge is 0.473 e. The molecule has 1 heterocycles.